The summed E-state index contributed by atoms with van der Waals surface area (Å²) >= 11 is 8.94. The topological polar surface area (TPSA) is 71.0 Å². The highest BCUT2D eigenvalue weighted by molar-refractivity contribution is 8.00. The number of carbonyl (C=O) groups excluding carboxylic acids is 1. The zero-order valence-electron chi connectivity index (χ0n) is 17.8. The molecular formula is C24H22ClN5OS2. The molecule has 0 aliphatic carbocycles. The minimum atomic E-state index is -0.0156. The molecule has 4 aromatic rings. The lowest BCUT2D eigenvalue weighted by Gasteiger charge is -2.28. The van der Waals surface area contributed by atoms with Crippen LogP contribution in [0, 0.1) is 0 Å². The molecule has 0 bridgehead atoms. The van der Waals surface area contributed by atoms with Crippen LogP contribution in [0.4, 0.5) is 5.13 Å². The van der Waals surface area contributed by atoms with Gasteiger partial charge >= 0.3 is 0 Å². The van der Waals surface area contributed by atoms with Crippen molar-refractivity contribution in [1.29, 1.82) is 0 Å². The highest BCUT2D eigenvalue weighted by atomic mass is 35.5. The van der Waals surface area contributed by atoms with Gasteiger partial charge in [0.15, 0.2) is 10.8 Å². The zero-order chi connectivity index (χ0) is 22.6. The fraction of sp³-hybridized carbons (Fsp3) is 0.250. The average Bonchev–Trinajstić information content (AvgIpc) is 3.29. The standard InChI is InChI=1S/C24H22ClN5OS2/c25-19-7-5-16(6-8-19)9-11-26-20(31)14-32-23-21-22(27-15-28-23)29-24(33-21)30-12-10-17-3-1-2-4-18(17)13-30/h1-8,15H,9-14H2,(H,26,31). The van der Waals surface area contributed by atoms with Gasteiger partial charge < -0.3 is 10.2 Å². The van der Waals surface area contributed by atoms with Gasteiger partial charge in [-0.15, -0.1) is 0 Å². The lowest BCUT2D eigenvalue weighted by atomic mass is 10.0. The van der Waals surface area contributed by atoms with Crippen LogP contribution in [0.2, 0.25) is 5.02 Å². The molecule has 0 radical (unpaired) electrons. The lowest BCUT2D eigenvalue weighted by molar-refractivity contribution is -0.118. The minimum Gasteiger partial charge on any atom is -0.355 e. The average molecular weight is 496 g/mol. The summed E-state index contributed by atoms with van der Waals surface area (Å²) in [6.45, 7) is 2.37. The summed E-state index contributed by atoms with van der Waals surface area (Å²) in [6, 6.07) is 16.2. The zero-order valence-corrected chi connectivity index (χ0v) is 20.2. The highest BCUT2D eigenvalue weighted by Gasteiger charge is 2.21. The van der Waals surface area contributed by atoms with Crippen LogP contribution in [0.1, 0.15) is 16.7 Å². The number of hydrogen-bond donors (Lipinski definition) is 1. The molecule has 9 heteroatoms. The fourth-order valence-corrected chi connectivity index (χ4v) is 5.87. The lowest BCUT2D eigenvalue weighted by Crippen LogP contribution is -2.30. The van der Waals surface area contributed by atoms with Gasteiger partial charge in [-0.05, 0) is 41.7 Å². The molecule has 2 aromatic heterocycles. The van der Waals surface area contributed by atoms with Gasteiger partial charge in [0.25, 0.3) is 0 Å². The number of fused-ring (bicyclic) bond motifs is 2. The van der Waals surface area contributed by atoms with Crippen LogP contribution in [-0.4, -0.2) is 39.7 Å². The number of rotatable bonds is 7. The molecule has 3 heterocycles. The molecule has 5 rings (SSSR count). The van der Waals surface area contributed by atoms with Gasteiger partial charge in [0.2, 0.25) is 5.91 Å². The molecule has 0 saturated heterocycles. The van der Waals surface area contributed by atoms with E-state index < -0.39 is 0 Å². The van der Waals surface area contributed by atoms with Crippen molar-refractivity contribution >= 4 is 56.1 Å². The Labute approximate surface area is 205 Å². The predicted molar refractivity (Wildman–Crippen MR) is 135 cm³/mol. The van der Waals surface area contributed by atoms with Gasteiger partial charge in [-0.3, -0.25) is 4.79 Å². The summed E-state index contributed by atoms with van der Waals surface area (Å²) in [7, 11) is 0. The molecule has 1 aliphatic heterocycles. The normalized spacial score (nSPS) is 13.2. The predicted octanol–water partition coefficient (Wildman–Crippen LogP) is 4.75. The number of anilines is 1. The first-order valence-electron chi connectivity index (χ1n) is 10.7. The van der Waals surface area contributed by atoms with Gasteiger partial charge in [-0.1, -0.05) is 71.1 Å². The van der Waals surface area contributed by atoms with Crippen LogP contribution >= 0.6 is 34.7 Å². The van der Waals surface area contributed by atoms with E-state index in [0.717, 1.165) is 46.4 Å². The number of thiazole rings is 1. The highest BCUT2D eigenvalue weighted by Crippen LogP contribution is 2.35. The molecule has 33 heavy (non-hydrogen) atoms. The van der Waals surface area contributed by atoms with E-state index in [1.54, 1.807) is 11.3 Å². The van der Waals surface area contributed by atoms with Gasteiger partial charge in [-0.25, -0.2) is 9.97 Å². The third-order valence-electron chi connectivity index (χ3n) is 5.54. The van der Waals surface area contributed by atoms with Crippen LogP contribution in [0.3, 0.4) is 0 Å². The van der Waals surface area contributed by atoms with Crippen molar-refractivity contribution in [3.63, 3.8) is 0 Å². The summed E-state index contributed by atoms with van der Waals surface area (Å²) in [5, 5.41) is 5.44. The Morgan fingerprint density at radius 3 is 2.79 bits per heavy atom. The van der Waals surface area contributed by atoms with Crippen molar-refractivity contribution in [3.8, 4) is 0 Å². The van der Waals surface area contributed by atoms with E-state index in [1.807, 2.05) is 24.3 Å². The van der Waals surface area contributed by atoms with Crippen LogP contribution in [-0.2, 0) is 24.2 Å². The Balaban J connectivity index is 1.20. The van der Waals surface area contributed by atoms with Crippen LogP contribution in [0.15, 0.2) is 59.9 Å². The first-order valence-corrected chi connectivity index (χ1v) is 12.9. The third-order valence-corrected chi connectivity index (χ3v) is 8.02. The van der Waals surface area contributed by atoms with Gasteiger partial charge in [-0.2, -0.15) is 4.98 Å². The molecule has 0 unspecified atom stereocenters. The Bertz CT molecular complexity index is 1280. The Hall–Kier alpha value is -2.68. The van der Waals surface area contributed by atoms with Gasteiger partial charge in [0, 0.05) is 24.7 Å². The maximum absolute atomic E-state index is 12.3. The number of amides is 1. The summed E-state index contributed by atoms with van der Waals surface area (Å²) in [5.41, 5.74) is 4.59. The molecule has 1 N–H and O–H groups in total. The maximum atomic E-state index is 12.3. The van der Waals surface area contributed by atoms with Gasteiger partial charge in [0.1, 0.15) is 16.1 Å². The number of halogens is 1. The Morgan fingerprint density at radius 1 is 1.12 bits per heavy atom. The quantitative estimate of drug-likeness (QED) is 0.294. The molecule has 2 aromatic carbocycles. The second kappa shape index (κ2) is 10.1. The van der Waals surface area contributed by atoms with Crippen molar-refractivity contribution in [2.45, 2.75) is 24.4 Å². The molecule has 0 fully saturated rings. The molecule has 1 aliphatic rings. The van der Waals surface area contributed by atoms with Crippen LogP contribution in [0.5, 0.6) is 0 Å². The molecule has 168 valence electrons. The smallest absolute Gasteiger partial charge is 0.230 e. The van der Waals surface area contributed by atoms with Crippen molar-refractivity contribution in [2.75, 3.05) is 23.7 Å². The number of thioether (sulfide) groups is 1. The summed E-state index contributed by atoms with van der Waals surface area (Å²) < 4.78 is 0.935. The minimum absolute atomic E-state index is 0.0156. The monoisotopic (exact) mass is 495 g/mol. The fourth-order valence-electron chi connectivity index (χ4n) is 3.80. The summed E-state index contributed by atoms with van der Waals surface area (Å²) in [6.07, 6.45) is 3.30. The number of benzene rings is 2. The van der Waals surface area contributed by atoms with E-state index in [-0.39, 0.29) is 5.91 Å². The maximum Gasteiger partial charge on any atom is 0.230 e. The molecule has 0 saturated carbocycles. The van der Waals surface area contributed by atoms with E-state index in [0.29, 0.717) is 23.0 Å². The number of nitrogens with zero attached hydrogens (tertiary/aromatic N) is 4. The summed E-state index contributed by atoms with van der Waals surface area (Å²) in [4.78, 5) is 28.2. The molecule has 0 atom stereocenters. The molecular weight excluding hydrogens is 474 g/mol. The van der Waals surface area contributed by atoms with Gasteiger partial charge in [0.05, 0.1) is 5.75 Å². The Morgan fingerprint density at radius 2 is 1.94 bits per heavy atom. The third kappa shape index (κ3) is 5.29. The first kappa shape index (κ1) is 22.1. The van der Waals surface area contributed by atoms with E-state index in [4.69, 9.17) is 16.6 Å². The number of hydrogen-bond acceptors (Lipinski definition) is 7. The second-order valence-corrected chi connectivity index (χ2v) is 10.2. The number of aromatic nitrogens is 3. The van der Waals surface area contributed by atoms with Crippen LogP contribution in [0.25, 0.3) is 10.3 Å². The Kier molecular flexibility index (Phi) is 6.75. The number of carbonyl (C=O) groups is 1. The SMILES string of the molecule is O=C(CSc1ncnc2nc(N3CCc4ccccc4C3)sc12)NCCc1ccc(Cl)cc1. The molecule has 6 nitrogen and oxygen atoms in total. The second-order valence-electron chi connectivity index (χ2n) is 7.78. The van der Waals surface area contributed by atoms with Crippen LogP contribution < -0.4 is 10.2 Å². The van der Waals surface area contributed by atoms with Crippen molar-refractivity contribution in [3.05, 3.63) is 76.6 Å². The molecule has 1 amide bonds. The van der Waals surface area contributed by atoms with Crippen molar-refractivity contribution in [1.82, 2.24) is 20.3 Å². The molecule has 0 spiro atoms. The largest absolute Gasteiger partial charge is 0.355 e. The summed E-state index contributed by atoms with van der Waals surface area (Å²) in [5.74, 6) is 0.287. The van der Waals surface area contributed by atoms with E-state index in [2.05, 4.69) is 44.5 Å². The van der Waals surface area contributed by atoms with E-state index in [1.165, 1.54) is 29.2 Å². The van der Waals surface area contributed by atoms with Crippen molar-refractivity contribution in [2.24, 2.45) is 0 Å². The van der Waals surface area contributed by atoms with E-state index >= 15 is 0 Å². The van der Waals surface area contributed by atoms with E-state index in [9.17, 15) is 4.79 Å². The first-order chi connectivity index (χ1) is 16.2. The van der Waals surface area contributed by atoms with Crippen molar-refractivity contribution < 1.29 is 4.79 Å². The number of nitrogens with one attached hydrogen (secondary N) is 1.